The van der Waals surface area contributed by atoms with E-state index in [1.165, 1.54) is 24.8 Å². The molecule has 0 bridgehead atoms. The van der Waals surface area contributed by atoms with Crippen LogP contribution in [0, 0.1) is 0 Å². The van der Waals surface area contributed by atoms with Crippen LogP contribution in [0.1, 0.15) is 37.8 Å². The molecule has 1 aromatic rings. The second-order valence-corrected chi connectivity index (χ2v) is 4.75. The predicted molar refractivity (Wildman–Crippen MR) is 74.2 cm³/mol. The van der Waals surface area contributed by atoms with Crippen molar-refractivity contribution in [3.05, 3.63) is 48.3 Å². The third kappa shape index (κ3) is 3.99. The van der Waals surface area contributed by atoms with Crippen LogP contribution in [0.5, 0.6) is 0 Å². The number of allylic oxidation sites excluding steroid dienone is 5. The molecule has 0 N–H and O–H groups in total. The minimum Gasteiger partial charge on any atom is -0.248 e. The van der Waals surface area contributed by atoms with E-state index < -0.39 is 0 Å². The van der Waals surface area contributed by atoms with Crippen molar-refractivity contribution in [1.82, 2.24) is 15.0 Å². The van der Waals surface area contributed by atoms with Crippen molar-refractivity contribution in [1.29, 1.82) is 0 Å². The maximum atomic E-state index is 4.22. The summed E-state index contributed by atoms with van der Waals surface area (Å²) < 4.78 is 1.94. The van der Waals surface area contributed by atoms with Crippen LogP contribution in [0.4, 0.5) is 0 Å². The van der Waals surface area contributed by atoms with Gasteiger partial charge in [0, 0.05) is 6.20 Å². The van der Waals surface area contributed by atoms with Crippen molar-refractivity contribution < 1.29 is 0 Å². The Bertz CT molecular complexity index is 440. The summed E-state index contributed by atoms with van der Waals surface area (Å²) in [5, 5.41) is 8.40. The lowest BCUT2D eigenvalue weighted by Gasteiger charge is -2.00. The largest absolute Gasteiger partial charge is 0.248 e. The average Bonchev–Trinajstić information content (AvgIpc) is 3.02. The number of rotatable bonds is 8. The molecule has 96 valence electrons. The maximum Gasteiger partial charge on any atom is 0.0827 e. The first-order valence-electron chi connectivity index (χ1n) is 6.73. The summed E-state index contributed by atoms with van der Waals surface area (Å²) in [4.78, 5) is 0. The second-order valence-electron chi connectivity index (χ2n) is 4.75. The van der Waals surface area contributed by atoms with E-state index in [-0.39, 0.29) is 0 Å². The highest BCUT2D eigenvalue weighted by molar-refractivity contribution is 5.22. The Morgan fingerprint density at radius 3 is 3.06 bits per heavy atom. The van der Waals surface area contributed by atoms with E-state index in [0.717, 1.165) is 31.5 Å². The van der Waals surface area contributed by atoms with Crippen LogP contribution >= 0.6 is 0 Å². The van der Waals surface area contributed by atoms with Crippen LogP contribution in [-0.2, 0) is 13.0 Å². The number of hydrogen-bond donors (Lipinski definition) is 0. The Kier molecular flexibility index (Phi) is 4.94. The highest BCUT2D eigenvalue weighted by Gasteiger charge is 2.04. The third-order valence-electron chi connectivity index (χ3n) is 3.14. The highest BCUT2D eigenvalue weighted by Crippen LogP contribution is 2.12. The number of aromatic nitrogens is 3. The summed E-state index contributed by atoms with van der Waals surface area (Å²) in [6.07, 6.45) is 17.4. The molecule has 1 aliphatic rings. The Morgan fingerprint density at radius 1 is 1.33 bits per heavy atom. The molecule has 3 heteroatoms. The topological polar surface area (TPSA) is 30.7 Å². The van der Waals surface area contributed by atoms with E-state index in [0.29, 0.717) is 0 Å². The molecule has 1 heterocycles. The van der Waals surface area contributed by atoms with E-state index in [9.17, 15) is 0 Å². The van der Waals surface area contributed by atoms with Gasteiger partial charge in [-0.25, -0.2) is 4.68 Å². The van der Waals surface area contributed by atoms with E-state index in [1.54, 1.807) is 0 Å². The predicted octanol–water partition coefficient (Wildman–Crippen LogP) is 3.45. The molecule has 0 aromatic carbocycles. The Morgan fingerprint density at radius 2 is 2.28 bits per heavy atom. The monoisotopic (exact) mass is 243 g/mol. The van der Waals surface area contributed by atoms with Crippen molar-refractivity contribution in [2.45, 2.75) is 45.1 Å². The van der Waals surface area contributed by atoms with Crippen LogP contribution in [-0.4, -0.2) is 15.0 Å². The molecule has 0 saturated heterocycles. The van der Waals surface area contributed by atoms with Gasteiger partial charge in [0.05, 0.1) is 12.2 Å². The molecular formula is C15H21N3. The van der Waals surface area contributed by atoms with Gasteiger partial charge in [0.15, 0.2) is 0 Å². The average molecular weight is 243 g/mol. The van der Waals surface area contributed by atoms with Gasteiger partial charge in [-0.3, -0.25) is 0 Å². The molecule has 0 unspecified atom stereocenters. The first-order valence-corrected chi connectivity index (χ1v) is 6.73. The lowest BCUT2D eigenvalue weighted by atomic mass is 10.1. The zero-order chi connectivity index (χ0) is 12.6. The number of unbranched alkanes of at least 4 members (excludes halogenated alkanes) is 3. The van der Waals surface area contributed by atoms with Crippen LogP contribution in [0.25, 0.3) is 0 Å². The van der Waals surface area contributed by atoms with E-state index in [4.69, 9.17) is 0 Å². The minimum atomic E-state index is 0.871. The zero-order valence-corrected chi connectivity index (χ0v) is 10.9. The Labute approximate surface area is 109 Å². The molecule has 0 fully saturated rings. The molecule has 0 radical (unpaired) electrons. The van der Waals surface area contributed by atoms with Crippen LogP contribution in [0.15, 0.2) is 42.7 Å². The van der Waals surface area contributed by atoms with Crippen LogP contribution in [0.3, 0.4) is 0 Å². The van der Waals surface area contributed by atoms with Gasteiger partial charge in [-0.15, -0.1) is 11.7 Å². The summed E-state index contributed by atoms with van der Waals surface area (Å²) in [6.45, 7) is 4.60. The van der Waals surface area contributed by atoms with E-state index in [2.05, 4.69) is 41.3 Å². The summed E-state index contributed by atoms with van der Waals surface area (Å²) in [5.41, 5.74) is 2.51. The highest BCUT2D eigenvalue weighted by atomic mass is 15.4. The fourth-order valence-electron chi connectivity index (χ4n) is 2.12. The van der Waals surface area contributed by atoms with Gasteiger partial charge in [-0.2, -0.15) is 0 Å². The molecule has 1 aromatic heterocycles. The van der Waals surface area contributed by atoms with Crippen LogP contribution in [0.2, 0.25) is 0 Å². The van der Waals surface area contributed by atoms with Gasteiger partial charge in [0.1, 0.15) is 0 Å². The van der Waals surface area contributed by atoms with Crippen LogP contribution < -0.4 is 0 Å². The second kappa shape index (κ2) is 6.94. The summed E-state index contributed by atoms with van der Waals surface area (Å²) in [7, 11) is 0. The molecule has 1 aliphatic carbocycles. The maximum absolute atomic E-state index is 4.22. The van der Waals surface area contributed by atoms with Gasteiger partial charge in [0.25, 0.3) is 0 Å². The summed E-state index contributed by atoms with van der Waals surface area (Å²) in [6, 6.07) is 0. The molecule has 2 rings (SSSR count). The van der Waals surface area contributed by atoms with Crippen molar-refractivity contribution in [3.63, 3.8) is 0 Å². The first kappa shape index (κ1) is 12.8. The first-order chi connectivity index (χ1) is 8.88. The Hall–Kier alpha value is -1.64. The van der Waals surface area contributed by atoms with Gasteiger partial charge in [0.2, 0.25) is 0 Å². The molecule has 3 nitrogen and oxygen atoms in total. The molecule has 18 heavy (non-hydrogen) atoms. The van der Waals surface area contributed by atoms with Crippen molar-refractivity contribution in [2.24, 2.45) is 0 Å². The smallest absolute Gasteiger partial charge is 0.0827 e. The fraction of sp³-hybridized carbons (Fsp3) is 0.467. The molecular weight excluding hydrogens is 222 g/mol. The number of hydrogen-bond acceptors (Lipinski definition) is 2. The quantitative estimate of drug-likeness (QED) is 0.517. The Balaban J connectivity index is 1.70. The lowest BCUT2D eigenvalue weighted by Crippen LogP contribution is -2.00. The minimum absolute atomic E-state index is 0.871. The fourth-order valence-corrected chi connectivity index (χ4v) is 2.12. The number of aryl methyl sites for hydroxylation is 1. The van der Waals surface area contributed by atoms with Gasteiger partial charge in [-0.1, -0.05) is 35.9 Å². The number of nitrogens with zero attached hydrogens (tertiary/aromatic N) is 3. The SMILES string of the molecule is C=CCCCCCc1cn(CC2=CC=CC2)nn1. The molecule has 0 aliphatic heterocycles. The van der Waals surface area contributed by atoms with Gasteiger partial charge >= 0.3 is 0 Å². The molecule has 0 atom stereocenters. The van der Waals surface area contributed by atoms with E-state index >= 15 is 0 Å². The van der Waals surface area contributed by atoms with E-state index in [1.807, 2.05) is 10.8 Å². The summed E-state index contributed by atoms with van der Waals surface area (Å²) >= 11 is 0. The molecule has 0 saturated carbocycles. The zero-order valence-electron chi connectivity index (χ0n) is 10.9. The normalized spacial score (nSPS) is 13.9. The molecule has 0 spiro atoms. The third-order valence-corrected chi connectivity index (χ3v) is 3.14. The van der Waals surface area contributed by atoms with Crippen molar-refractivity contribution >= 4 is 0 Å². The standard InChI is InChI=1S/C15H21N3/c1-2-3-4-5-6-11-15-13-18(17-16-15)12-14-9-7-8-10-14/h2,7-9,13H,1,3-6,10-12H2. The van der Waals surface area contributed by atoms with Crippen molar-refractivity contribution in [3.8, 4) is 0 Å². The van der Waals surface area contributed by atoms with Crippen molar-refractivity contribution in [2.75, 3.05) is 0 Å². The molecule has 0 amide bonds. The summed E-state index contributed by atoms with van der Waals surface area (Å²) in [5.74, 6) is 0. The van der Waals surface area contributed by atoms with Gasteiger partial charge in [-0.05, 0) is 37.7 Å². The lowest BCUT2D eigenvalue weighted by molar-refractivity contribution is 0.636. The van der Waals surface area contributed by atoms with Gasteiger partial charge < -0.3 is 0 Å².